The third-order valence-electron chi connectivity index (χ3n) is 1.86. The maximum Gasteiger partial charge on any atom is 0.0965 e. The van der Waals surface area contributed by atoms with E-state index in [0.29, 0.717) is 0 Å². The molecule has 0 N–H and O–H groups in total. The van der Waals surface area contributed by atoms with Crippen LogP contribution in [0.5, 0.6) is 0 Å². The van der Waals surface area contributed by atoms with Crippen molar-refractivity contribution in [2.45, 2.75) is 5.03 Å². The fourth-order valence-corrected chi connectivity index (χ4v) is 1.59. The number of rotatable bonds is 2. The maximum absolute atomic E-state index is 4.46. The summed E-state index contributed by atoms with van der Waals surface area (Å²) in [6, 6.07) is 11.8. The van der Waals surface area contributed by atoms with Crippen molar-refractivity contribution in [1.29, 1.82) is 0 Å². The first-order chi connectivity index (χ1) is 6.90. The van der Waals surface area contributed by atoms with E-state index in [9.17, 15) is 0 Å². The average Bonchev–Trinajstić information content (AvgIpc) is 2.30. The van der Waals surface area contributed by atoms with E-state index in [1.54, 1.807) is 18.0 Å². The van der Waals surface area contributed by atoms with E-state index in [1.807, 2.05) is 42.7 Å². The lowest BCUT2D eigenvalue weighted by atomic mass is 10.2. The zero-order valence-corrected chi connectivity index (χ0v) is 8.66. The van der Waals surface area contributed by atoms with Crippen molar-refractivity contribution in [3.63, 3.8) is 0 Å². The van der Waals surface area contributed by atoms with Gasteiger partial charge in [-0.05, 0) is 30.5 Å². The van der Waals surface area contributed by atoms with Gasteiger partial charge in [0.1, 0.15) is 0 Å². The van der Waals surface area contributed by atoms with E-state index < -0.39 is 0 Å². The van der Waals surface area contributed by atoms with Gasteiger partial charge in [-0.2, -0.15) is 0 Å². The van der Waals surface area contributed by atoms with Gasteiger partial charge in [0, 0.05) is 6.20 Å². The van der Waals surface area contributed by atoms with Crippen molar-refractivity contribution < 1.29 is 0 Å². The van der Waals surface area contributed by atoms with Crippen LogP contribution >= 0.6 is 11.8 Å². The van der Waals surface area contributed by atoms with Gasteiger partial charge in [-0.1, -0.05) is 12.1 Å². The lowest BCUT2D eigenvalue weighted by Crippen LogP contribution is -1.87. The number of pyridine rings is 2. The second-order valence-corrected chi connectivity index (χ2v) is 3.61. The lowest BCUT2D eigenvalue weighted by Gasteiger charge is -2.00. The number of hydrogen-bond donors (Lipinski definition) is 0. The molecular weight excluding hydrogens is 192 g/mol. The van der Waals surface area contributed by atoms with Crippen molar-refractivity contribution in [3.8, 4) is 11.4 Å². The highest BCUT2D eigenvalue weighted by Gasteiger charge is 1.99. The summed E-state index contributed by atoms with van der Waals surface area (Å²) in [6.07, 6.45) is 3.80. The summed E-state index contributed by atoms with van der Waals surface area (Å²) >= 11 is 1.64. The van der Waals surface area contributed by atoms with Gasteiger partial charge in [0.15, 0.2) is 0 Å². The van der Waals surface area contributed by atoms with Crippen molar-refractivity contribution in [2.75, 3.05) is 6.26 Å². The zero-order valence-electron chi connectivity index (χ0n) is 7.84. The van der Waals surface area contributed by atoms with Crippen LogP contribution in [0.25, 0.3) is 11.4 Å². The molecule has 3 heteroatoms. The van der Waals surface area contributed by atoms with Gasteiger partial charge in [0.25, 0.3) is 0 Å². The molecule has 0 saturated carbocycles. The summed E-state index contributed by atoms with van der Waals surface area (Å²) in [5.74, 6) is 0. The number of aromatic nitrogens is 2. The molecule has 0 atom stereocenters. The monoisotopic (exact) mass is 202 g/mol. The minimum absolute atomic E-state index is 0.920. The predicted molar refractivity (Wildman–Crippen MR) is 59.2 cm³/mol. The zero-order chi connectivity index (χ0) is 9.80. The topological polar surface area (TPSA) is 25.8 Å². The molecule has 0 radical (unpaired) electrons. The highest BCUT2D eigenvalue weighted by molar-refractivity contribution is 7.98. The molecule has 0 bridgehead atoms. The number of hydrogen-bond acceptors (Lipinski definition) is 3. The third kappa shape index (κ3) is 1.93. The van der Waals surface area contributed by atoms with Crippen LogP contribution in [-0.2, 0) is 0 Å². The summed E-state index contributed by atoms with van der Waals surface area (Å²) < 4.78 is 0. The molecule has 2 rings (SSSR count). The summed E-state index contributed by atoms with van der Waals surface area (Å²) in [6.45, 7) is 0. The molecule has 0 aliphatic rings. The van der Waals surface area contributed by atoms with E-state index in [1.165, 1.54) is 0 Å². The van der Waals surface area contributed by atoms with Crippen LogP contribution in [0.15, 0.2) is 47.6 Å². The smallest absolute Gasteiger partial charge is 0.0965 e. The van der Waals surface area contributed by atoms with E-state index in [0.717, 1.165) is 16.4 Å². The molecule has 0 spiro atoms. The van der Waals surface area contributed by atoms with E-state index in [-0.39, 0.29) is 0 Å². The van der Waals surface area contributed by atoms with Crippen molar-refractivity contribution in [1.82, 2.24) is 9.97 Å². The molecule has 2 nitrogen and oxygen atoms in total. The summed E-state index contributed by atoms with van der Waals surface area (Å²) in [5.41, 5.74) is 1.85. The first kappa shape index (κ1) is 9.21. The predicted octanol–water partition coefficient (Wildman–Crippen LogP) is 2.87. The van der Waals surface area contributed by atoms with Gasteiger partial charge >= 0.3 is 0 Å². The first-order valence-electron chi connectivity index (χ1n) is 4.32. The van der Waals surface area contributed by atoms with E-state index >= 15 is 0 Å². The molecule has 2 heterocycles. The van der Waals surface area contributed by atoms with Crippen molar-refractivity contribution in [2.24, 2.45) is 0 Å². The fourth-order valence-electron chi connectivity index (χ4n) is 1.19. The number of thioether (sulfide) groups is 1. The van der Waals surface area contributed by atoms with E-state index in [4.69, 9.17) is 0 Å². The summed E-state index contributed by atoms with van der Waals surface area (Å²) in [7, 11) is 0. The Morgan fingerprint density at radius 3 is 2.57 bits per heavy atom. The molecule has 0 fully saturated rings. The molecule has 0 aliphatic heterocycles. The Morgan fingerprint density at radius 1 is 1.00 bits per heavy atom. The van der Waals surface area contributed by atoms with Crippen LogP contribution in [-0.4, -0.2) is 16.2 Å². The Labute approximate surface area is 87.4 Å². The normalized spacial score (nSPS) is 10.1. The van der Waals surface area contributed by atoms with Crippen LogP contribution < -0.4 is 0 Å². The highest BCUT2D eigenvalue weighted by Crippen LogP contribution is 2.17. The average molecular weight is 202 g/mol. The van der Waals surface area contributed by atoms with Gasteiger partial charge in [-0.25, -0.2) is 4.98 Å². The SMILES string of the molecule is CSc1cccc(-c2ccccn2)n1. The molecular formula is C11H10N2S. The first-order valence-corrected chi connectivity index (χ1v) is 5.55. The van der Waals surface area contributed by atoms with Gasteiger partial charge in [0.05, 0.1) is 16.4 Å². The fraction of sp³-hybridized carbons (Fsp3) is 0.0909. The highest BCUT2D eigenvalue weighted by atomic mass is 32.2. The van der Waals surface area contributed by atoms with Crippen LogP contribution in [0, 0.1) is 0 Å². The Morgan fingerprint density at radius 2 is 1.86 bits per heavy atom. The Hall–Kier alpha value is -1.35. The Balaban J connectivity index is 2.42. The molecule has 0 unspecified atom stereocenters. The molecule has 2 aromatic rings. The molecule has 70 valence electrons. The van der Waals surface area contributed by atoms with Gasteiger partial charge < -0.3 is 0 Å². The standard InChI is InChI=1S/C11H10N2S/c1-14-11-7-4-6-10(13-11)9-5-2-3-8-12-9/h2-8H,1H3. The maximum atomic E-state index is 4.46. The summed E-state index contributed by atoms with van der Waals surface area (Å²) in [5, 5.41) is 1.02. The van der Waals surface area contributed by atoms with Crippen molar-refractivity contribution >= 4 is 11.8 Å². The molecule has 0 amide bonds. The van der Waals surface area contributed by atoms with Gasteiger partial charge in [-0.15, -0.1) is 11.8 Å². The minimum Gasteiger partial charge on any atom is -0.255 e. The lowest BCUT2D eigenvalue weighted by molar-refractivity contribution is 1.12. The van der Waals surface area contributed by atoms with Crippen LogP contribution in [0.3, 0.4) is 0 Å². The van der Waals surface area contributed by atoms with Gasteiger partial charge in [-0.3, -0.25) is 4.98 Å². The van der Waals surface area contributed by atoms with Crippen LogP contribution in [0.1, 0.15) is 0 Å². The Bertz CT molecular complexity index is 415. The molecule has 0 saturated heterocycles. The quantitative estimate of drug-likeness (QED) is 0.700. The van der Waals surface area contributed by atoms with Gasteiger partial charge in [0.2, 0.25) is 0 Å². The second kappa shape index (κ2) is 4.24. The Kier molecular flexibility index (Phi) is 2.79. The van der Waals surface area contributed by atoms with Crippen molar-refractivity contribution in [3.05, 3.63) is 42.6 Å². The third-order valence-corrected chi connectivity index (χ3v) is 2.51. The molecule has 0 aromatic carbocycles. The van der Waals surface area contributed by atoms with Crippen LogP contribution in [0.4, 0.5) is 0 Å². The number of nitrogens with zero attached hydrogens (tertiary/aromatic N) is 2. The molecule has 0 aliphatic carbocycles. The molecule has 2 aromatic heterocycles. The summed E-state index contributed by atoms with van der Waals surface area (Å²) in [4.78, 5) is 8.71. The van der Waals surface area contributed by atoms with E-state index in [2.05, 4.69) is 9.97 Å². The minimum atomic E-state index is 0.920. The largest absolute Gasteiger partial charge is 0.255 e. The van der Waals surface area contributed by atoms with Crippen LogP contribution in [0.2, 0.25) is 0 Å². The second-order valence-electron chi connectivity index (χ2n) is 2.78. The molecule has 14 heavy (non-hydrogen) atoms.